The number of benzene rings is 4. The average Bonchev–Trinajstić information content (AvgIpc) is 3.17. The highest BCUT2D eigenvalue weighted by Gasteiger charge is 2.17. The van der Waals surface area contributed by atoms with Gasteiger partial charge in [0, 0.05) is 31.8 Å². The monoisotopic (exact) mass is 450 g/mol. The van der Waals surface area contributed by atoms with Crippen LogP contribution in [-0.2, 0) is 0 Å². The second-order valence-electron chi connectivity index (χ2n) is 7.20. The van der Waals surface area contributed by atoms with Crippen LogP contribution >= 0.6 is 15.9 Å². The van der Waals surface area contributed by atoms with E-state index in [9.17, 15) is 0 Å². The Bertz CT molecular complexity index is 1550. The summed E-state index contributed by atoms with van der Waals surface area (Å²) in [6, 6.07) is 30.5. The Morgan fingerprint density at radius 1 is 0.667 bits per heavy atom. The molecule has 0 unspecified atom stereocenters. The molecule has 30 heavy (non-hydrogen) atoms. The predicted molar refractivity (Wildman–Crippen MR) is 125 cm³/mol. The van der Waals surface area contributed by atoms with Crippen molar-refractivity contribution < 1.29 is 4.42 Å². The minimum absolute atomic E-state index is 0.695. The van der Waals surface area contributed by atoms with E-state index in [4.69, 9.17) is 14.4 Å². The summed E-state index contributed by atoms with van der Waals surface area (Å²) in [5.74, 6) is 0.695. The molecule has 2 heterocycles. The first-order valence-electron chi connectivity index (χ1n) is 9.71. The first-order valence-corrected chi connectivity index (χ1v) is 10.5. The Hall–Kier alpha value is -3.50. The van der Waals surface area contributed by atoms with Gasteiger partial charge in [-0.25, -0.2) is 9.97 Å². The van der Waals surface area contributed by atoms with Gasteiger partial charge in [-0.15, -0.1) is 0 Å². The molecule has 142 valence electrons. The number of rotatable bonds is 2. The Kier molecular flexibility index (Phi) is 3.93. The third kappa shape index (κ3) is 2.72. The number of fused-ring (bicyclic) bond motifs is 4. The molecule has 0 aliphatic rings. The summed E-state index contributed by atoms with van der Waals surface area (Å²) in [5.41, 5.74) is 5.58. The largest absolute Gasteiger partial charge is 0.456 e. The zero-order chi connectivity index (χ0) is 20.1. The van der Waals surface area contributed by atoms with Crippen molar-refractivity contribution in [2.45, 2.75) is 0 Å². The summed E-state index contributed by atoms with van der Waals surface area (Å²) in [4.78, 5) is 9.96. The van der Waals surface area contributed by atoms with Crippen molar-refractivity contribution in [2.24, 2.45) is 0 Å². The van der Waals surface area contributed by atoms with Gasteiger partial charge in [0.2, 0.25) is 0 Å². The Morgan fingerprint density at radius 2 is 1.50 bits per heavy atom. The summed E-state index contributed by atoms with van der Waals surface area (Å²) in [5, 5.41) is 3.12. The van der Waals surface area contributed by atoms with Crippen LogP contribution in [0, 0.1) is 0 Å². The van der Waals surface area contributed by atoms with Gasteiger partial charge in [-0.2, -0.15) is 0 Å². The van der Waals surface area contributed by atoms with E-state index in [1.807, 2.05) is 60.7 Å². The van der Waals surface area contributed by atoms with E-state index in [-0.39, 0.29) is 0 Å². The minimum Gasteiger partial charge on any atom is -0.456 e. The van der Waals surface area contributed by atoms with Crippen LogP contribution in [-0.4, -0.2) is 9.97 Å². The number of furan rings is 1. The maximum atomic E-state index is 6.10. The molecule has 0 aliphatic carbocycles. The van der Waals surface area contributed by atoms with Crippen molar-refractivity contribution in [1.82, 2.24) is 9.97 Å². The van der Waals surface area contributed by atoms with Crippen LogP contribution in [0.2, 0.25) is 0 Å². The van der Waals surface area contributed by atoms with Gasteiger partial charge in [0.05, 0.1) is 11.2 Å². The lowest BCUT2D eigenvalue weighted by Gasteiger charge is -2.10. The van der Waals surface area contributed by atoms with Gasteiger partial charge in [-0.05, 0) is 30.3 Å². The Balaban J connectivity index is 1.71. The van der Waals surface area contributed by atoms with Crippen LogP contribution in [0.4, 0.5) is 0 Å². The zero-order valence-electron chi connectivity index (χ0n) is 15.8. The van der Waals surface area contributed by atoms with Crippen LogP contribution < -0.4 is 0 Å². The average molecular weight is 451 g/mol. The molecular formula is C26H15BrN2O. The number of aromatic nitrogens is 2. The fraction of sp³-hybridized carbons (Fsp3) is 0. The third-order valence-electron chi connectivity index (χ3n) is 5.35. The van der Waals surface area contributed by atoms with E-state index in [2.05, 4.69) is 46.3 Å². The van der Waals surface area contributed by atoms with E-state index < -0.39 is 0 Å². The van der Waals surface area contributed by atoms with E-state index in [0.29, 0.717) is 5.82 Å². The molecule has 0 amide bonds. The van der Waals surface area contributed by atoms with Crippen LogP contribution in [0.1, 0.15) is 0 Å². The topological polar surface area (TPSA) is 38.9 Å². The van der Waals surface area contributed by atoms with Crippen molar-refractivity contribution in [2.75, 3.05) is 0 Å². The van der Waals surface area contributed by atoms with Crippen LogP contribution in [0.15, 0.2) is 99.9 Å². The molecule has 3 nitrogen and oxygen atoms in total. The standard InChI is InChI=1S/C26H15BrN2O/c27-17-13-14-22-20(15-17)24-19(10-6-12-23(24)30-22)26-28-21-11-5-4-9-18(21)25(29-26)16-7-2-1-3-8-16/h1-15H. The molecule has 0 spiro atoms. The van der Waals surface area contributed by atoms with E-state index in [0.717, 1.165) is 54.1 Å². The lowest BCUT2D eigenvalue weighted by molar-refractivity contribution is 0.669. The van der Waals surface area contributed by atoms with Gasteiger partial charge in [0.1, 0.15) is 11.2 Å². The molecule has 4 aromatic carbocycles. The van der Waals surface area contributed by atoms with Gasteiger partial charge < -0.3 is 4.42 Å². The molecule has 2 aromatic heterocycles. The Morgan fingerprint density at radius 3 is 2.40 bits per heavy atom. The van der Waals surface area contributed by atoms with E-state index in [1.54, 1.807) is 0 Å². The van der Waals surface area contributed by atoms with Crippen molar-refractivity contribution in [3.63, 3.8) is 0 Å². The molecule has 6 rings (SSSR count). The highest BCUT2D eigenvalue weighted by atomic mass is 79.9. The van der Waals surface area contributed by atoms with Crippen molar-refractivity contribution in [3.8, 4) is 22.6 Å². The third-order valence-corrected chi connectivity index (χ3v) is 5.84. The predicted octanol–water partition coefficient (Wildman–Crippen LogP) is 7.63. The minimum atomic E-state index is 0.695. The lowest BCUT2D eigenvalue weighted by Crippen LogP contribution is -1.95. The van der Waals surface area contributed by atoms with Crippen LogP contribution in [0.3, 0.4) is 0 Å². The van der Waals surface area contributed by atoms with Crippen molar-refractivity contribution in [3.05, 3.63) is 95.5 Å². The molecule has 0 bridgehead atoms. The maximum absolute atomic E-state index is 6.10. The Labute approximate surface area is 181 Å². The maximum Gasteiger partial charge on any atom is 0.161 e. The molecule has 0 radical (unpaired) electrons. The zero-order valence-corrected chi connectivity index (χ0v) is 17.4. The normalized spacial score (nSPS) is 11.5. The number of para-hydroxylation sites is 1. The van der Waals surface area contributed by atoms with E-state index in [1.165, 1.54) is 0 Å². The molecule has 0 atom stereocenters. The van der Waals surface area contributed by atoms with E-state index >= 15 is 0 Å². The molecule has 0 saturated heterocycles. The highest BCUT2D eigenvalue weighted by Crippen LogP contribution is 2.38. The summed E-state index contributed by atoms with van der Waals surface area (Å²) in [6.07, 6.45) is 0. The lowest BCUT2D eigenvalue weighted by atomic mass is 10.0. The molecule has 0 N–H and O–H groups in total. The second-order valence-corrected chi connectivity index (χ2v) is 8.12. The molecule has 4 heteroatoms. The summed E-state index contributed by atoms with van der Waals surface area (Å²) in [6.45, 7) is 0. The van der Waals surface area contributed by atoms with Gasteiger partial charge in [-0.1, -0.05) is 76.6 Å². The van der Waals surface area contributed by atoms with Crippen LogP contribution in [0.25, 0.3) is 55.5 Å². The first-order chi connectivity index (χ1) is 14.8. The van der Waals surface area contributed by atoms with Crippen molar-refractivity contribution in [1.29, 1.82) is 0 Å². The first kappa shape index (κ1) is 17.4. The number of hydrogen-bond donors (Lipinski definition) is 0. The van der Waals surface area contributed by atoms with Gasteiger partial charge in [-0.3, -0.25) is 0 Å². The van der Waals surface area contributed by atoms with Gasteiger partial charge in [0.25, 0.3) is 0 Å². The number of halogens is 1. The fourth-order valence-corrected chi connectivity index (χ4v) is 4.36. The molecular weight excluding hydrogens is 436 g/mol. The molecule has 6 aromatic rings. The van der Waals surface area contributed by atoms with Gasteiger partial charge in [0.15, 0.2) is 5.82 Å². The fourth-order valence-electron chi connectivity index (χ4n) is 4.00. The number of hydrogen-bond acceptors (Lipinski definition) is 3. The highest BCUT2D eigenvalue weighted by molar-refractivity contribution is 9.10. The van der Waals surface area contributed by atoms with Crippen molar-refractivity contribution >= 4 is 48.8 Å². The summed E-state index contributed by atoms with van der Waals surface area (Å²) >= 11 is 3.59. The smallest absolute Gasteiger partial charge is 0.161 e. The molecule has 0 fully saturated rings. The quantitative estimate of drug-likeness (QED) is 0.272. The van der Waals surface area contributed by atoms with Gasteiger partial charge >= 0.3 is 0 Å². The summed E-state index contributed by atoms with van der Waals surface area (Å²) < 4.78 is 7.11. The molecule has 0 saturated carbocycles. The second kappa shape index (κ2) is 6.78. The number of nitrogens with zero attached hydrogens (tertiary/aromatic N) is 2. The molecule has 0 aliphatic heterocycles. The van der Waals surface area contributed by atoms with Crippen LogP contribution in [0.5, 0.6) is 0 Å². The SMILES string of the molecule is Brc1ccc2oc3cccc(-c4nc(-c5ccccc5)c5ccccc5n4)c3c2c1. The summed E-state index contributed by atoms with van der Waals surface area (Å²) in [7, 11) is 0.